The topological polar surface area (TPSA) is 41.9 Å². The molecule has 0 amide bonds. The lowest BCUT2D eigenvalue weighted by Crippen LogP contribution is -2.31. The second-order valence-corrected chi connectivity index (χ2v) is 5.88. The first-order valence-electron chi connectivity index (χ1n) is 7.09. The Morgan fingerprint density at radius 1 is 1.26 bits per heavy atom. The van der Waals surface area contributed by atoms with Gasteiger partial charge in [-0.05, 0) is 13.0 Å². The predicted molar refractivity (Wildman–Crippen MR) is 78.8 cm³/mol. The number of hydrogen-bond donors (Lipinski definition) is 0. The second-order valence-electron chi connectivity index (χ2n) is 5.53. The highest BCUT2D eigenvalue weighted by atomic mass is 35.5. The van der Waals surface area contributed by atoms with E-state index in [0.717, 1.165) is 16.8 Å². The number of aryl methyl sites for hydroxylation is 1. The molecule has 3 rings (SSSR count). The minimum absolute atomic E-state index is 0.456. The standard InChI is InChI=1S/C15H14ClF3N4/c1-9-2-3-10(13(16)21-9)7-23-5-4-12-11(8-23)6-20-14(22-12)15(17,18)19/h2-3,6H,4-5,7-8H2,1H3. The molecule has 0 fully saturated rings. The number of hydrogen-bond acceptors (Lipinski definition) is 4. The predicted octanol–water partition coefficient (Wildman–Crippen LogP) is 3.41. The first-order chi connectivity index (χ1) is 10.8. The first kappa shape index (κ1) is 16.1. The zero-order valence-electron chi connectivity index (χ0n) is 12.4. The molecule has 4 nitrogen and oxygen atoms in total. The molecule has 0 radical (unpaired) electrons. The number of halogens is 4. The molecule has 0 unspecified atom stereocenters. The van der Waals surface area contributed by atoms with E-state index in [2.05, 4.69) is 19.9 Å². The Kier molecular flexibility index (Phi) is 4.25. The summed E-state index contributed by atoms with van der Waals surface area (Å²) >= 11 is 6.13. The summed E-state index contributed by atoms with van der Waals surface area (Å²) in [4.78, 5) is 13.4. The van der Waals surface area contributed by atoms with Crippen molar-refractivity contribution in [2.45, 2.75) is 32.6 Å². The summed E-state index contributed by atoms with van der Waals surface area (Å²) in [6, 6.07) is 3.81. The van der Waals surface area contributed by atoms with Crippen LogP contribution in [0.15, 0.2) is 18.3 Å². The Labute approximate surface area is 136 Å². The Bertz CT molecular complexity index is 733. The summed E-state index contributed by atoms with van der Waals surface area (Å²) in [5, 5.41) is 0.458. The van der Waals surface area contributed by atoms with Gasteiger partial charge in [-0.2, -0.15) is 13.2 Å². The summed E-state index contributed by atoms with van der Waals surface area (Å²) in [7, 11) is 0. The van der Waals surface area contributed by atoms with Crippen molar-refractivity contribution in [2.24, 2.45) is 0 Å². The third kappa shape index (κ3) is 3.61. The van der Waals surface area contributed by atoms with Gasteiger partial charge < -0.3 is 0 Å². The van der Waals surface area contributed by atoms with Gasteiger partial charge in [-0.15, -0.1) is 0 Å². The van der Waals surface area contributed by atoms with Crippen molar-refractivity contribution in [3.05, 3.63) is 51.8 Å². The molecule has 0 aliphatic carbocycles. The fourth-order valence-electron chi connectivity index (χ4n) is 2.56. The highest BCUT2D eigenvalue weighted by Gasteiger charge is 2.35. The zero-order chi connectivity index (χ0) is 16.6. The van der Waals surface area contributed by atoms with Gasteiger partial charge in [0.05, 0.1) is 5.69 Å². The highest BCUT2D eigenvalue weighted by molar-refractivity contribution is 6.30. The van der Waals surface area contributed by atoms with Crippen LogP contribution in [0.25, 0.3) is 0 Å². The van der Waals surface area contributed by atoms with E-state index in [1.807, 2.05) is 19.1 Å². The summed E-state index contributed by atoms with van der Waals surface area (Å²) in [6.45, 7) is 3.57. The van der Waals surface area contributed by atoms with Crippen molar-refractivity contribution in [3.8, 4) is 0 Å². The lowest BCUT2D eigenvalue weighted by Gasteiger charge is -2.28. The summed E-state index contributed by atoms with van der Waals surface area (Å²) in [6.07, 6.45) is -2.78. The van der Waals surface area contributed by atoms with E-state index in [0.29, 0.717) is 36.9 Å². The van der Waals surface area contributed by atoms with Gasteiger partial charge in [0.2, 0.25) is 5.82 Å². The molecular formula is C15H14ClF3N4. The third-order valence-electron chi connectivity index (χ3n) is 3.73. The van der Waals surface area contributed by atoms with Gasteiger partial charge in [0.25, 0.3) is 0 Å². The summed E-state index contributed by atoms with van der Waals surface area (Å²) < 4.78 is 37.9. The van der Waals surface area contributed by atoms with Gasteiger partial charge in [0.15, 0.2) is 0 Å². The molecular weight excluding hydrogens is 329 g/mol. The van der Waals surface area contributed by atoms with Gasteiger partial charge in [-0.3, -0.25) is 4.90 Å². The number of fused-ring (bicyclic) bond motifs is 1. The molecule has 0 bridgehead atoms. The lowest BCUT2D eigenvalue weighted by atomic mass is 10.1. The molecule has 2 aromatic heterocycles. The molecule has 0 saturated carbocycles. The summed E-state index contributed by atoms with van der Waals surface area (Å²) in [5.41, 5.74) is 2.93. The molecule has 1 aliphatic rings. The van der Waals surface area contributed by atoms with Crippen LogP contribution < -0.4 is 0 Å². The third-order valence-corrected chi connectivity index (χ3v) is 4.05. The van der Waals surface area contributed by atoms with Crippen LogP contribution in [-0.2, 0) is 25.7 Å². The van der Waals surface area contributed by atoms with E-state index >= 15 is 0 Å². The van der Waals surface area contributed by atoms with Crippen LogP contribution in [-0.4, -0.2) is 26.4 Å². The van der Waals surface area contributed by atoms with Gasteiger partial charge in [0, 0.05) is 49.1 Å². The van der Waals surface area contributed by atoms with Crippen LogP contribution in [0.2, 0.25) is 5.15 Å². The van der Waals surface area contributed by atoms with Crippen LogP contribution in [0.4, 0.5) is 13.2 Å². The SMILES string of the molecule is Cc1ccc(CN2CCc3nc(C(F)(F)F)ncc3C2)c(Cl)n1. The average molecular weight is 343 g/mol. The normalized spacial score (nSPS) is 15.5. The van der Waals surface area contributed by atoms with Crippen molar-refractivity contribution in [1.82, 2.24) is 19.9 Å². The number of alkyl halides is 3. The van der Waals surface area contributed by atoms with Crippen molar-refractivity contribution in [2.75, 3.05) is 6.54 Å². The van der Waals surface area contributed by atoms with Crippen molar-refractivity contribution < 1.29 is 13.2 Å². The molecule has 0 spiro atoms. The quantitative estimate of drug-likeness (QED) is 0.784. The molecule has 0 aromatic carbocycles. The Hall–Kier alpha value is -1.73. The van der Waals surface area contributed by atoms with E-state index in [1.165, 1.54) is 6.20 Å². The van der Waals surface area contributed by atoms with Crippen LogP contribution in [0.5, 0.6) is 0 Å². The molecule has 1 aliphatic heterocycles. The maximum atomic E-state index is 12.6. The van der Waals surface area contributed by atoms with E-state index in [-0.39, 0.29) is 0 Å². The lowest BCUT2D eigenvalue weighted by molar-refractivity contribution is -0.145. The molecule has 8 heteroatoms. The Balaban J connectivity index is 1.75. The Morgan fingerprint density at radius 3 is 2.74 bits per heavy atom. The fraction of sp³-hybridized carbons (Fsp3) is 0.400. The minimum Gasteiger partial charge on any atom is -0.294 e. The molecule has 23 heavy (non-hydrogen) atoms. The van der Waals surface area contributed by atoms with Crippen LogP contribution in [0, 0.1) is 6.92 Å². The molecule has 122 valence electrons. The van der Waals surface area contributed by atoms with Gasteiger partial charge >= 0.3 is 6.18 Å². The van der Waals surface area contributed by atoms with E-state index in [4.69, 9.17) is 11.6 Å². The van der Waals surface area contributed by atoms with Crippen molar-refractivity contribution >= 4 is 11.6 Å². The van der Waals surface area contributed by atoms with E-state index in [1.54, 1.807) is 0 Å². The first-order valence-corrected chi connectivity index (χ1v) is 7.47. The zero-order valence-corrected chi connectivity index (χ0v) is 13.1. The maximum absolute atomic E-state index is 12.6. The minimum atomic E-state index is -4.51. The van der Waals surface area contributed by atoms with Crippen LogP contribution in [0.3, 0.4) is 0 Å². The number of rotatable bonds is 2. The second kappa shape index (κ2) is 6.05. The van der Waals surface area contributed by atoms with Gasteiger partial charge in [0.1, 0.15) is 5.15 Å². The largest absolute Gasteiger partial charge is 0.451 e. The smallest absolute Gasteiger partial charge is 0.294 e. The summed E-state index contributed by atoms with van der Waals surface area (Å²) in [5.74, 6) is -1.07. The highest BCUT2D eigenvalue weighted by Crippen LogP contribution is 2.28. The molecule has 0 atom stereocenters. The molecule has 0 N–H and O–H groups in total. The van der Waals surface area contributed by atoms with Crippen molar-refractivity contribution in [3.63, 3.8) is 0 Å². The number of nitrogens with zero attached hydrogens (tertiary/aromatic N) is 4. The molecule has 0 saturated heterocycles. The maximum Gasteiger partial charge on any atom is 0.451 e. The van der Waals surface area contributed by atoms with Gasteiger partial charge in [-0.25, -0.2) is 15.0 Å². The molecule has 3 heterocycles. The number of aromatic nitrogens is 3. The Morgan fingerprint density at radius 2 is 2.04 bits per heavy atom. The number of pyridine rings is 1. The average Bonchev–Trinajstić information content (AvgIpc) is 2.48. The van der Waals surface area contributed by atoms with Crippen molar-refractivity contribution in [1.29, 1.82) is 0 Å². The van der Waals surface area contributed by atoms with Crippen LogP contribution >= 0.6 is 11.6 Å². The van der Waals surface area contributed by atoms with Crippen LogP contribution in [0.1, 0.15) is 28.3 Å². The van der Waals surface area contributed by atoms with E-state index < -0.39 is 12.0 Å². The molecule has 2 aromatic rings. The van der Waals surface area contributed by atoms with E-state index in [9.17, 15) is 13.2 Å². The fourth-order valence-corrected chi connectivity index (χ4v) is 2.81. The van der Waals surface area contributed by atoms with Gasteiger partial charge in [-0.1, -0.05) is 17.7 Å². The monoisotopic (exact) mass is 342 g/mol.